The second kappa shape index (κ2) is 10.4. The number of hydrogen-bond acceptors (Lipinski definition) is 5. The summed E-state index contributed by atoms with van der Waals surface area (Å²) in [7, 11) is 1.63. The number of aromatic nitrogens is 3. The Hall–Kier alpha value is -3.13. The van der Waals surface area contributed by atoms with Crippen LogP contribution in [0.1, 0.15) is 56.8 Å². The fraction of sp³-hybridized carbons (Fsp3) is 0.385. The average Bonchev–Trinajstić information content (AvgIpc) is 2.82. The molecule has 0 bridgehead atoms. The number of benzene rings is 2. The van der Waals surface area contributed by atoms with Crippen LogP contribution in [0.4, 0.5) is 5.69 Å². The van der Waals surface area contributed by atoms with Gasteiger partial charge in [-0.3, -0.25) is 14.6 Å². The van der Waals surface area contributed by atoms with E-state index >= 15 is 0 Å². The fourth-order valence-corrected chi connectivity index (χ4v) is 5.29. The molecule has 8 heteroatoms. The van der Waals surface area contributed by atoms with E-state index in [2.05, 4.69) is 11.9 Å². The molecule has 7 nitrogen and oxygen atoms in total. The third-order valence-electron chi connectivity index (χ3n) is 6.05. The Kier molecular flexibility index (Phi) is 7.36. The van der Waals surface area contributed by atoms with Gasteiger partial charge in [-0.25, -0.2) is 4.90 Å². The molecule has 0 radical (unpaired) electrons. The number of amides is 1. The molecule has 1 amide bonds. The van der Waals surface area contributed by atoms with E-state index < -0.39 is 6.17 Å². The summed E-state index contributed by atoms with van der Waals surface area (Å²) in [6.07, 6.45) is 4.01. The highest BCUT2D eigenvalue weighted by Gasteiger charge is 2.44. The SMILES string of the molecule is CCCCCCSc1n[n+]2c(c(=O)[nH]1)-c1ccccc1N(C(C)=O)[C@@H]2c1ccc(OC)c(C)c1. The van der Waals surface area contributed by atoms with E-state index in [1.54, 1.807) is 35.4 Å². The average molecular weight is 480 g/mol. The van der Waals surface area contributed by atoms with Crippen molar-refractivity contribution in [2.24, 2.45) is 0 Å². The second-order valence-electron chi connectivity index (χ2n) is 8.47. The van der Waals surface area contributed by atoms with Gasteiger partial charge in [0, 0.05) is 23.3 Å². The Balaban J connectivity index is 1.86. The number of aryl methyl sites for hydroxylation is 1. The smallest absolute Gasteiger partial charge is 0.325 e. The van der Waals surface area contributed by atoms with Gasteiger partial charge in [0.25, 0.3) is 6.17 Å². The van der Waals surface area contributed by atoms with Crippen LogP contribution in [0.25, 0.3) is 11.3 Å². The summed E-state index contributed by atoms with van der Waals surface area (Å²) in [6, 6.07) is 13.3. The van der Waals surface area contributed by atoms with Crippen LogP contribution in [0.5, 0.6) is 5.75 Å². The number of carbonyl (C=O) groups is 1. The van der Waals surface area contributed by atoms with E-state index in [-0.39, 0.29) is 11.5 Å². The minimum Gasteiger partial charge on any atom is -0.496 e. The van der Waals surface area contributed by atoms with Crippen LogP contribution in [0.2, 0.25) is 0 Å². The maximum Gasteiger partial charge on any atom is 0.325 e. The number of para-hydroxylation sites is 1. The zero-order chi connectivity index (χ0) is 24.2. The topological polar surface area (TPSA) is 79.2 Å². The van der Waals surface area contributed by atoms with Crippen molar-refractivity contribution >= 4 is 23.4 Å². The molecule has 178 valence electrons. The molecule has 0 aliphatic carbocycles. The highest BCUT2D eigenvalue weighted by atomic mass is 32.2. The van der Waals surface area contributed by atoms with Crippen LogP contribution >= 0.6 is 11.8 Å². The summed E-state index contributed by atoms with van der Waals surface area (Å²) >= 11 is 1.54. The number of rotatable bonds is 8. The van der Waals surface area contributed by atoms with Gasteiger partial charge in [-0.15, -0.1) is 0 Å². The van der Waals surface area contributed by atoms with Crippen LogP contribution in [-0.2, 0) is 4.79 Å². The molecule has 0 unspecified atom stereocenters. The number of nitrogens with one attached hydrogen (secondary N) is 1. The van der Waals surface area contributed by atoms with Crippen molar-refractivity contribution in [2.45, 2.75) is 57.8 Å². The normalized spacial score (nSPS) is 14.5. The second-order valence-corrected chi connectivity index (χ2v) is 9.55. The summed E-state index contributed by atoms with van der Waals surface area (Å²) in [5, 5.41) is 5.41. The van der Waals surface area contributed by atoms with Crippen molar-refractivity contribution < 1.29 is 14.2 Å². The van der Waals surface area contributed by atoms with Gasteiger partial charge in [-0.05, 0) is 53.9 Å². The molecule has 0 saturated carbocycles. The number of ether oxygens (including phenoxy) is 1. The largest absolute Gasteiger partial charge is 0.496 e. The number of nitrogens with zero attached hydrogens (tertiary/aromatic N) is 3. The molecule has 0 fully saturated rings. The molecule has 0 saturated heterocycles. The highest BCUT2D eigenvalue weighted by molar-refractivity contribution is 7.99. The number of anilines is 1. The predicted octanol–water partition coefficient (Wildman–Crippen LogP) is 4.63. The Labute approximate surface area is 204 Å². The van der Waals surface area contributed by atoms with E-state index in [9.17, 15) is 9.59 Å². The number of H-pyrrole nitrogens is 1. The van der Waals surface area contributed by atoms with Crippen molar-refractivity contribution in [3.63, 3.8) is 0 Å². The summed E-state index contributed by atoms with van der Waals surface area (Å²) in [4.78, 5) is 31.0. The molecule has 1 aromatic heterocycles. The zero-order valence-electron chi connectivity index (χ0n) is 20.1. The van der Waals surface area contributed by atoms with Crippen LogP contribution in [0.15, 0.2) is 52.4 Å². The molecule has 0 spiro atoms. The number of hydrogen-bond donors (Lipinski definition) is 1. The van der Waals surface area contributed by atoms with Crippen LogP contribution < -0.4 is 19.9 Å². The molecule has 3 aromatic rings. The first-order valence-electron chi connectivity index (χ1n) is 11.7. The molecular formula is C26H31N4O3S+. The van der Waals surface area contributed by atoms with E-state index in [0.29, 0.717) is 22.1 Å². The molecule has 1 atom stereocenters. The number of aromatic amines is 1. The van der Waals surface area contributed by atoms with Crippen LogP contribution in [0, 0.1) is 6.92 Å². The lowest BCUT2D eigenvalue weighted by atomic mass is 10.0. The maximum atomic E-state index is 13.4. The summed E-state index contributed by atoms with van der Waals surface area (Å²) < 4.78 is 7.14. The number of fused-ring (bicyclic) bond motifs is 3. The number of thioether (sulfide) groups is 1. The van der Waals surface area contributed by atoms with Crippen LogP contribution in [0.3, 0.4) is 0 Å². The van der Waals surface area contributed by atoms with Crippen molar-refractivity contribution in [2.75, 3.05) is 17.8 Å². The lowest BCUT2D eigenvalue weighted by Gasteiger charge is -2.31. The van der Waals surface area contributed by atoms with Gasteiger partial charge >= 0.3 is 11.3 Å². The monoisotopic (exact) mass is 479 g/mol. The predicted molar refractivity (Wildman–Crippen MR) is 134 cm³/mol. The lowest BCUT2D eigenvalue weighted by Crippen LogP contribution is -2.60. The first-order valence-corrected chi connectivity index (χ1v) is 12.7. The van der Waals surface area contributed by atoms with Gasteiger partial charge in [0.2, 0.25) is 11.1 Å². The van der Waals surface area contributed by atoms with Crippen molar-refractivity contribution in [3.8, 4) is 17.0 Å². The third kappa shape index (κ3) is 4.59. The Bertz CT molecular complexity index is 1260. The minimum atomic E-state index is -0.589. The molecular weight excluding hydrogens is 448 g/mol. The molecule has 1 aliphatic heterocycles. The van der Waals surface area contributed by atoms with Gasteiger partial charge in [0.1, 0.15) is 5.75 Å². The standard InChI is InChI=1S/C26H30N4O3S/c1-5-6-7-10-15-34-26-27-24(32)23-20-11-8-9-12-21(20)29(18(3)31)25(30(23)28-26)19-13-14-22(33-4)17(2)16-19/h8-9,11-14,16,25H,5-7,10,15H2,1-4H3/p+1/t25-/m0/s1. The van der Waals surface area contributed by atoms with E-state index in [1.165, 1.54) is 12.8 Å². The Morgan fingerprint density at radius 2 is 2.00 bits per heavy atom. The van der Waals surface area contributed by atoms with Gasteiger partial charge < -0.3 is 4.74 Å². The zero-order valence-corrected chi connectivity index (χ0v) is 20.9. The Morgan fingerprint density at radius 1 is 1.21 bits per heavy atom. The first kappa shape index (κ1) is 24.0. The van der Waals surface area contributed by atoms with Crippen molar-refractivity contribution in [1.29, 1.82) is 0 Å². The molecule has 34 heavy (non-hydrogen) atoms. The van der Waals surface area contributed by atoms with Crippen molar-refractivity contribution in [1.82, 2.24) is 10.1 Å². The van der Waals surface area contributed by atoms with E-state index in [4.69, 9.17) is 9.84 Å². The van der Waals surface area contributed by atoms with Crippen molar-refractivity contribution in [3.05, 3.63) is 63.9 Å². The summed E-state index contributed by atoms with van der Waals surface area (Å²) in [5.74, 6) is 1.52. The van der Waals surface area contributed by atoms with E-state index in [0.717, 1.165) is 35.5 Å². The summed E-state index contributed by atoms with van der Waals surface area (Å²) in [6.45, 7) is 5.69. The first-order chi connectivity index (χ1) is 16.5. The van der Waals surface area contributed by atoms with Gasteiger partial charge in [0.05, 0.1) is 18.4 Å². The molecule has 1 aliphatic rings. The lowest BCUT2D eigenvalue weighted by molar-refractivity contribution is -0.763. The minimum absolute atomic E-state index is 0.125. The number of unbranched alkanes of at least 4 members (excludes halogenated alkanes) is 3. The van der Waals surface area contributed by atoms with E-state index in [1.807, 2.05) is 49.4 Å². The number of carbonyl (C=O) groups excluding carboxylic acids is 1. The summed E-state index contributed by atoms with van der Waals surface area (Å²) in [5.41, 5.74) is 3.41. The number of methoxy groups -OCH3 is 1. The molecule has 2 heterocycles. The van der Waals surface area contributed by atoms with Gasteiger partial charge in [-0.1, -0.05) is 50.1 Å². The van der Waals surface area contributed by atoms with Crippen LogP contribution in [-0.4, -0.2) is 28.9 Å². The van der Waals surface area contributed by atoms with Gasteiger partial charge in [0.15, 0.2) is 0 Å². The Morgan fingerprint density at radius 3 is 2.71 bits per heavy atom. The highest BCUT2D eigenvalue weighted by Crippen LogP contribution is 2.38. The molecule has 1 N–H and O–H groups in total. The quantitative estimate of drug-likeness (QED) is 0.290. The van der Waals surface area contributed by atoms with Gasteiger partial charge in [-0.2, -0.15) is 0 Å². The third-order valence-corrected chi connectivity index (χ3v) is 7.00. The maximum absolute atomic E-state index is 13.4. The molecule has 2 aromatic carbocycles. The fourth-order valence-electron chi connectivity index (χ4n) is 4.44. The molecule has 4 rings (SSSR count).